The Bertz CT molecular complexity index is 750. The highest BCUT2D eigenvalue weighted by atomic mass is 16.5. The summed E-state index contributed by atoms with van der Waals surface area (Å²) in [4.78, 5) is 9.48. The number of hydrogen-bond acceptors (Lipinski definition) is 5. The lowest BCUT2D eigenvalue weighted by molar-refractivity contribution is 0.371. The van der Waals surface area contributed by atoms with Crippen molar-refractivity contribution in [2.75, 3.05) is 44.7 Å². The van der Waals surface area contributed by atoms with Crippen molar-refractivity contribution in [1.82, 2.24) is 25.0 Å². The zero-order valence-corrected chi connectivity index (χ0v) is 16.4. The lowest BCUT2D eigenvalue weighted by atomic mass is 10.2. The molecule has 2 aromatic rings. The first-order chi connectivity index (χ1) is 13.2. The van der Waals surface area contributed by atoms with Gasteiger partial charge in [-0.05, 0) is 26.0 Å². The second-order valence-electron chi connectivity index (χ2n) is 6.38. The molecule has 1 aliphatic rings. The fourth-order valence-electron chi connectivity index (χ4n) is 3.22. The predicted octanol–water partition coefficient (Wildman–Crippen LogP) is 1.59. The molecule has 0 atom stereocenters. The third-order valence-electron chi connectivity index (χ3n) is 4.74. The van der Waals surface area contributed by atoms with Gasteiger partial charge < -0.3 is 24.4 Å². The van der Waals surface area contributed by atoms with Crippen LogP contribution in [-0.4, -0.2) is 65.5 Å². The smallest absolute Gasteiger partial charge is 0.194 e. The van der Waals surface area contributed by atoms with Gasteiger partial charge in [0.05, 0.1) is 7.11 Å². The summed E-state index contributed by atoms with van der Waals surface area (Å²) < 4.78 is 7.37. The van der Waals surface area contributed by atoms with Crippen LogP contribution in [0.25, 0.3) is 0 Å². The molecule has 8 heteroatoms. The van der Waals surface area contributed by atoms with E-state index in [1.54, 1.807) is 13.4 Å². The molecule has 2 heterocycles. The minimum atomic E-state index is 0.534. The number of aryl methyl sites for hydroxylation is 1. The standard InChI is InChI=1S/C19H29N7O/c1-4-20-19(21-14-18-23-22-15-24(18)5-2)26-11-9-25(10-12-26)16-7-6-8-17(13-16)27-3/h6-8,13,15H,4-5,9-12,14H2,1-3H3,(H,20,21). The number of aromatic nitrogens is 3. The van der Waals surface area contributed by atoms with Gasteiger partial charge in [-0.1, -0.05) is 6.07 Å². The molecule has 1 N–H and O–H groups in total. The highest BCUT2D eigenvalue weighted by Gasteiger charge is 2.20. The number of hydrogen-bond donors (Lipinski definition) is 1. The van der Waals surface area contributed by atoms with Crippen molar-refractivity contribution in [3.8, 4) is 5.75 Å². The van der Waals surface area contributed by atoms with Crippen molar-refractivity contribution < 1.29 is 4.74 Å². The van der Waals surface area contributed by atoms with Gasteiger partial charge in [0.25, 0.3) is 0 Å². The molecule has 1 aromatic carbocycles. The molecule has 1 saturated heterocycles. The SMILES string of the molecule is CCNC(=NCc1nncn1CC)N1CCN(c2cccc(OC)c2)CC1. The molecule has 0 amide bonds. The number of nitrogens with one attached hydrogen (secondary N) is 1. The molecule has 1 fully saturated rings. The summed E-state index contributed by atoms with van der Waals surface area (Å²) in [6, 6.07) is 8.24. The Morgan fingerprint density at radius 3 is 2.74 bits per heavy atom. The predicted molar refractivity (Wildman–Crippen MR) is 107 cm³/mol. The lowest BCUT2D eigenvalue weighted by Crippen LogP contribution is -2.52. The third kappa shape index (κ3) is 4.69. The molecule has 0 radical (unpaired) electrons. The number of piperazine rings is 1. The van der Waals surface area contributed by atoms with Crippen molar-refractivity contribution in [1.29, 1.82) is 0 Å². The van der Waals surface area contributed by atoms with Gasteiger partial charge in [-0.15, -0.1) is 10.2 Å². The number of methoxy groups -OCH3 is 1. The van der Waals surface area contributed by atoms with Crippen LogP contribution in [0.15, 0.2) is 35.6 Å². The van der Waals surface area contributed by atoms with Crippen molar-refractivity contribution in [3.05, 3.63) is 36.4 Å². The van der Waals surface area contributed by atoms with Crippen molar-refractivity contribution in [2.24, 2.45) is 4.99 Å². The lowest BCUT2D eigenvalue weighted by Gasteiger charge is -2.37. The van der Waals surface area contributed by atoms with Crippen LogP contribution >= 0.6 is 0 Å². The highest BCUT2D eigenvalue weighted by molar-refractivity contribution is 5.80. The first-order valence-corrected chi connectivity index (χ1v) is 9.54. The average Bonchev–Trinajstić information content (AvgIpc) is 3.19. The first kappa shape index (κ1) is 19.0. The second kappa shape index (κ2) is 9.25. The molecular formula is C19H29N7O. The minimum absolute atomic E-state index is 0.534. The fraction of sp³-hybridized carbons (Fsp3) is 0.526. The van der Waals surface area contributed by atoms with E-state index in [2.05, 4.69) is 51.3 Å². The van der Waals surface area contributed by atoms with Gasteiger partial charge in [0, 0.05) is 51.0 Å². The van der Waals surface area contributed by atoms with E-state index in [4.69, 9.17) is 9.73 Å². The molecule has 3 rings (SSSR count). The van der Waals surface area contributed by atoms with Crippen LogP contribution in [0.1, 0.15) is 19.7 Å². The van der Waals surface area contributed by atoms with E-state index < -0.39 is 0 Å². The van der Waals surface area contributed by atoms with Gasteiger partial charge in [0.2, 0.25) is 0 Å². The molecule has 0 unspecified atom stereocenters. The van der Waals surface area contributed by atoms with E-state index in [1.165, 1.54) is 5.69 Å². The number of rotatable bonds is 6. The number of ether oxygens (including phenoxy) is 1. The van der Waals surface area contributed by atoms with E-state index in [0.29, 0.717) is 6.54 Å². The minimum Gasteiger partial charge on any atom is -0.497 e. The largest absolute Gasteiger partial charge is 0.497 e. The van der Waals surface area contributed by atoms with Crippen LogP contribution in [0.2, 0.25) is 0 Å². The molecule has 27 heavy (non-hydrogen) atoms. The molecule has 0 saturated carbocycles. The maximum absolute atomic E-state index is 5.34. The number of nitrogens with zero attached hydrogens (tertiary/aromatic N) is 6. The van der Waals surface area contributed by atoms with Gasteiger partial charge in [0.1, 0.15) is 18.6 Å². The number of aliphatic imine (C=N–C) groups is 1. The van der Waals surface area contributed by atoms with E-state index in [9.17, 15) is 0 Å². The molecular weight excluding hydrogens is 342 g/mol. The zero-order valence-electron chi connectivity index (χ0n) is 16.4. The first-order valence-electron chi connectivity index (χ1n) is 9.54. The second-order valence-corrected chi connectivity index (χ2v) is 6.38. The maximum atomic E-state index is 5.34. The summed E-state index contributed by atoms with van der Waals surface area (Å²) in [7, 11) is 1.70. The third-order valence-corrected chi connectivity index (χ3v) is 4.74. The Hall–Kier alpha value is -2.77. The normalized spacial score (nSPS) is 15.1. The highest BCUT2D eigenvalue weighted by Crippen LogP contribution is 2.22. The van der Waals surface area contributed by atoms with Crippen molar-refractivity contribution in [3.63, 3.8) is 0 Å². The van der Waals surface area contributed by atoms with Crippen LogP contribution in [0.4, 0.5) is 5.69 Å². The molecule has 8 nitrogen and oxygen atoms in total. The monoisotopic (exact) mass is 371 g/mol. The van der Waals surface area contributed by atoms with Crippen LogP contribution in [-0.2, 0) is 13.1 Å². The van der Waals surface area contributed by atoms with Crippen molar-refractivity contribution in [2.45, 2.75) is 26.9 Å². The summed E-state index contributed by atoms with van der Waals surface area (Å²) in [5.41, 5.74) is 1.20. The number of guanidine groups is 1. The Labute approximate surface area is 160 Å². The zero-order chi connectivity index (χ0) is 19.1. The fourth-order valence-corrected chi connectivity index (χ4v) is 3.22. The Balaban J connectivity index is 1.63. The van der Waals surface area contributed by atoms with E-state index in [0.717, 1.165) is 56.8 Å². The molecule has 1 aromatic heterocycles. The van der Waals surface area contributed by atoms with E-state index >= 15 is 0 Å². The quantitative estimate of drug-likeness (QED) is 0.614. The van der Waals surface area contributed by atoms with Gasteiger partial charge in [0.15, 0.2) is 11.8 Å². The van der Waals surface area contributed by atoms with Crippen LogP contribution in [0.5, 0.6) is 5.75 Å². The van der Waals surface area contributed by atoms with Crippen LogP contribution in [0.3, 0.4) is 0 Å². The summed E-state index contributed by atoms with van der Waals surface area (Å²) in [5, 5.41) is 11.6. The summed E-state index contributed by atoms with van der Waals surface area (Å²) in [5.74, 6) is 2.72. The molecule has 0 bridgehead atoms. The van der Waals surface area contributed by atoms with Crippen LogP contribution in [0, 0.1) is 0 Å². The van der Waals surface area contributed by atoms with Gasteiger partial charge >= 0.3 is 0 Å². The Morgan fingerprint density at radius 1 is 1.22 bits per heavy atom. The summed E-state index contributed by atoms with van der Waals surface area (Å²) in [6.07, 6.45) is 1.75. The van der Waals surface area contributed by atoms with Gasteiger partial charge in [-0.3, -0.25) is 0 Å². The van der Waals surface area contributed by atoms with Crippen molar-refractivity contribution >= 4 is 11.6 Å². The summed E-state index contributed by atoms with van der Waals surface area (Å²) in [6.45, 7) is 10.1. The van der Waals surface area contributed by atoms with Gasteiger partial charge in [-0.25, -0.2) is 4.99 Å². The number of anilines is 1. The van der Waals surface area contributed by atoms with Crippen LogP contribution < -0.4 is 15.0 Å². The molecule has 146 valence electrons. The van der Waals surface area contributed by atoms with Gasteiger partial charge in [-0.2, -0.15) is 0 Å². The Kier molecular flexibility index (Phi) is 6.51. The van der Waals surface area contributed by atoms with E-state index in [1.807, 2.05) is 16.7 Å². The van der Waals surface area contributed by atoms with E-state index in [-0.39, 0.29) is 0 Å². The topological polar surface area (TPSA) is 70.8 Å². The summed E-state index contributed by atoms with van der Waals surface area (Å²) >= 11 is 0. The number of benzene rings is 1. The Morgan fingerprint density at radius 2 is 2.04 bits per heavy atom. The molecule has 0 aliphatic carbocycles. The average molecular weight is 371 g/mol. The molecule has 1 aliphatic heterocycles. The molecule has 0 spiro atoms. The maximum Gasteiger partial charge on any atom is 0.194 e.